The first-order valence-corrected chi connectivity index (χ1v) is 14.5. The van der Waals surface area contributed by atoms with Crippen LogP contribution >= 0.6 is 0 Å². The van der Waals surface area contributed by atoms with Gasteiger partial charge < -0.3 is 29.7 Å². The number of ketones is 1. The zero-order chi connectivity index (χ0) is 32.5. The van der Waals surface area contributed by atoms with E-state index in [4.69, 9.17) is 14.2 Å². The smallest absolute Gasteiger partial charge is 0.408 e. The van der Waals surface area contributed by atoms with Gasteiger partial charge in [-0.15, -0.1) is 0 Å². The lowest BCUT2D eigenvalue weighted by molar-refractivity contribution is -0.164. The average molecular weight is 610 g/mol. The van der Waals surface area contributed by atoms with Gasteiger partial charge in [-0.05, 0) is 52.2 Å². The number of hydrogen-bond acceptors (Lipinski definition) is 8. The molecule has 0 bridgehead atoms. The fourth-order valence-electron chi connectivity index (χ4n) is 4.92. The zero-order valence-electron chi connectivity index (χ0n) is 26.3. The number of likely N-dealkylation sites (tertiary alicyclic amines) is 1. The second kappa shape index (κ2) is 14.5. The average Bonchev–Trinajstić information content (AvgIpc) is 2.96. The highest BCUT2D eigenvalue weighted by Crippen LogP contribution is 2.33. The maximum atomic E-state index is 14.0. The Morgan fingerprint density at radius 2 is 1.52 bits per heavy atom. The quantitative estimate of drug-likeness (QED) is 0.293. The van der Waals surface area contributed by atoms with Gasteiger partial charge in [0.15, 0.2) is 5.78 Å². The van der Waals surface area contributed by atoms with E-state index >= 15 is 0 Å². The van der Waals surface area contributed by atoms with Crippen molar-refractivity contribution in [2.45, 2.75) is 71.2 Å². The Kier molecular flexibility index (Phi) is 11.3. The number of carbonyl (C=O) groups is 5. The topological polar surface area (TPSA) is 140 Å². The number of esters is 1. The summed E-state index contributed by atoms with van der Waals surface area (Å²) in [7, 11) is 1.21. The summed E-state index contributed by atoms with van der Waals surface area (Å²) in [6.45, 7) is 7.89. The molecule has 1 saturated heterocycles. The van der Waals surface area contributed by atoms with Gasteiger partial charge in [-0.3, -0.25) is 19.2 Å². The van der Waals surface area contributed by atoms with Gasteiger partial charge in [0.05, 0.1) is 20.3 Å². The Labute approximate surface area is 258 Å². The third kappa shape index (κ3) is 9.12. The van der Waals surface area contributed by atoms with Crippen LogP contribution < -0.4 is 10.6 Å². The van der Waals surface area contributed by atoms with Crippen molar-refractivity contribution in [2.24, 2.45) is 5.41 Å². The summed E-state index contributed by atoms with van der Waals surface area (Å²) in [5, 5.41) is 5.26. The number of nitrogens with one attached hydrogen (secondary N) is 2. The van der Waals surface area contributed by atoms with Gasteiger partial charge in [0.2, 0.25) is 11.8 Å². The molecular formula is C33H43N3O8. The molecule has 3 rings (SSSR count). The third-order valence-electron chi connectivity index (χ3n) is 7.22. The monoisotopic (exact) mass is 609 g/mol. The van der Waals surface area contributed by atoms with Crippen LogP contribution in [0, 0.1) is 5.41 Å². The molecule has 0 aliphatic carbocycles. The van der Waals surface area contributed by atoms with Gasteiger partial charge in [-0.25, -0.2) is 4.79 Å². The summed E-state index contributed by atoms with van der Waals surface area (Å²) in [6.07, 6.45) is -0.804. The second-order valence-electron chi connectivity index (χ2n) is 12.4. The summed E-state index contributed by atoms with van der Waals surface area (Å²) in [5.74, 6) is -2.23. The number of piperidine rings is 1. The van der Waals surface area contributed by atoms with E-state index in [1.807, 2.05) is 36.4 Å². The number of rotatable bonds is 11. The summed E-state index contributed by atoms with van der Waals surface area (Å²) >= 11 is 0. The maximum Gasteiger partial charge on any atom is 0.408 e. The number of alkyl carbamates (subject to hydrolysis) is 1. The van der Waals surface area contributed by atoms with Gasteiger partial charge in [0, 0.05) is 19.5 Å². The van der Waals surface area contributed by atoms with E-state index in [1.54, 1.807) is 45.0 Å². The van der Waals surface area contributed by atoms with Crippen molar-refractivity contribution in [1.29, 1.82) is 0 Å². The van der Waals surface area contributed by atoms with Crippen LogP contribution in [-0.4, -0.2) is 78.5 Å². The molecule has 1 aliphatic heterocycles. The van der Waals surface area contributed by atoms with E-state index in [2.05, 4.69) is 10.6 Å². The van der Waals surface area contributed by atoms with Crippen molar-refractivity contribution in [3.05, 3.63) is 71.8 Å². The highest BCUT2D eigenvalue weighted by molar-refractivity contribution is 6.06. The zero-order valence-corrected chi connectivity index (χ0v) is 26.3. The fourth-order valence-corrected chi connectivity index (χ4v) is 4.92. The third-order valence-corrected chi connectivity index (χ3v) is 7.22. The van der Waals surface area contributed by atoms with Crippen LogP contribution in [0.3, 0.4) is 0 Å². The molecule has 2 unspecified atom stereocenters. The van der Waals surface area contributed by atoms with Crippen LogP contribution in [0.2, 0.25) is 0 Å². The number of benzene rings is 2. The predicted molar refractivity (Wildman–Crippen MR) is 162 cm³/mol. The van der Waals surface area contributed by atoms with Crippen LogP contribution in [0.4, 0.5) is 4.79 Å². The van der Waals surface area contributed by atoms with Crippen molar-refractivity contribution in [3.63, 3.8) is 0 Å². The second-order valence-corrected chi connectivity index (χ2v) is 12.4. The first-order chi connectivity index (χ1) is 20.7. The first-order valence-electron chi connectivity index (χ1n) is 14.5. The molecule has 2 aromatic rings. The largest absolute Gasteiger partial charge is 0.468 e. The highest BCUT2D eigenvalue weighted by Gasteiger charge is 2.51. The lowest BCUT2D eigenvalue weighted by Gasteiger charge is -2.41. The van der Waals surface area contributed by atoms with Gasteiger partial charge in [-0.1, -0.05) is 60.7 Å². The van der Waals surface area contributed by atoms with E-state index in [0.29, 0.717) is 0 Å². The highest BCUT2D eigenvalue weighted by atomic mass is 16.6. The standard InChI is InChI=1S/C33H43N3O8/c1-31(2,3)44-30(41)35-32(4,5)28(39)34-25(21-43-20-24-15-11-8-12-16-24)27(38)36-18-17-26(37)33(22-36,29(40)42-6)19-23-13-9-7-10-14-23/h7-16,25H,17-22H2,1-6H3,(H,34,39)(H,35,41). The molecule has 0 aromatic heterocycles. The van der Waals surface area contributed by atoms with Gasteiger partial charge in [0.1, 0.15) is 22.6 Å². The van der Waals surface area contributed by atoms with Crippen LogP contribution in [0.25, 0.3) is 0 Å². The Bertz CT molecular complexity index is 1310. The van der Waals surface area contributed by atoms with E-state index in [0.717, 1.165) is 11.1 Å². The summed E-state index contributed by atoms with van der Waals surface area (Å²) < 4.78 is 16.2. The Hall–Kier alpha value is -4.25. The van der Waals surface area contributed by atoms with E-state index in [9.17, 15) is 24.0 Å². The number of Topliss-reactive ketones (excluding diaryl/α,β-unsaturated/α-hetero) is 1. The molecule has 2 atom stereocenters. The van der Waals surface area contributed by atoms with Crippen LogP contribution in [0.15, 0.2) is 60.7 Å². The lowest BCUT2D eigenvalue weighted by Crippen LogP contribution is -2.63. The normalized spacial score (nSPS) is 17.8. The number of amides is 3. The summed E-state index contributed by atoms with van der Waals surface area (Å²) in [4.78, 5) is 67.8. The molecule has 0 radical (unpaired) electrons. The number of nitrogens with zero attached hydrogens (tertiary/aromatic N) is 1. The van der Waals surface area contributed by atoms with Crippen LogP contribution in [0.1, 0.15) is 52.2 Å². The molecule has 238 valence electrons. The minimum Gasteiger partial charge on any atom is -0.468 e. The summed E-state index contributed by atoms with van der Waals surface area (Å²) in [6, 6.07) is 17.2. The summed E-state index contributed by atoms with van der Waals surface area (Å²) in [5.41, 5.74) is -2.24. The van der Waals surface area contributed by atoms with E-state index in [1.165, 1.54) is 25.9 Å². The molecule has 2 aromatic carbocycles. The fraction of sp³-hybridized carbons (Fsp3) is 0.485. The van der Waals surface area contributed by atoms with Gasteiger partial charge >= 0.3 is 12.1 Å². The number of ether oxygens (including phenoxy) is 3. The Balaban J connectivity index is 1.85. The Morgan fingerprint density at radius 1 is 0.932 bits per heavy atom. The minimum absolute atomic E-state index is 0.0514. The number of hydrogen-bond donors (Lipinski definition) is 2. The van der Waals surface area contributed by atoms with Crippen LogP contribution in [0.5, 0.6) is 0 Å². The van der Waals surface area contributed by atoms with Gasteiger partial charge in [-0.2, -0.15) is 0 Å². The Morgan fingerprint density at radius 3 is 2.09 bits per heavy atom. The molecule has 0 spiro atoms. The molecule has 1 heterocycles. The number of methoxy groups -OCH3 is 1. The molecule has 11 nitrogen and oxygen atoms in total. The van der Waals surface area contributed by atoms with E-state index < -0.39 is 46.5 Å². The maximum absolute atomic E-state index is 14.0. The number of carbonyl (C=O) groups excluding carboxylic acids is 5. The SMILES string of the molecule is COC(=O)C1(Cc2ccccc2)CN(C(=O)C(COCc2ccccc2)NC(=O)C(C)(C)NC(=O)OC(C)(C)C)CCC1=O. The van der Waals surface area contributed by atoms with Crippen molar-refractivity contribution in [1.82, 2.24) is 15.5 Å². The van der Waals surface area contributed by atoms with E-state index in [-0.39, 0.29) is 44.9 Å². The predicted octanol–water partition coefficient (Wildman–Crippen LogP) is 3.19. The minimum atomic E-state index is -1.61. The lowest BCUT2D eigenvalue weighted by atomic mass is 9.73. The van der Waals surface area contributed by atoms with Crippen molar-refractivity contribution < 1.29 is 38.2 Å². The molecule has 1 fully saturated rings. The van der Waals surface area contributed by atoms with Crippen LogP contribution in [-0.2, 0) is 46.4 Å². The molecule has 1 aliphatic rings. The van der Waals surface area contributed by atoms with Crippen molar-refractivity contribution >= 4 is 29.7 Å². The van der Waals surface area contributed by atoms with Crippen molar-refractivity contribution in [2.75, 3.05) is 26.8 Å². The molecule has 0 saturated carbocycles. The molecule has 11 heteroatoms. The first kappa shape index (κ1) is 34.2. The molecule has 2 N–H and O–H groups in total. The molecule has 44 heavy (non-hydrogen) atoms. The molecular weight excluding hydrogens is 566 g/mol. The molecule has 3 amide bonds. The van der Waals surface area contributed by atoms with Gasteiger partial charge in [0.25, 0.3) is 0 Å². The van der Waals surface area contributed by atoms with Crippen molar-refractivity contribution in [3.8, 4) is 0 Å².